The number of nitrogens with zero attached hydrogens (tertiary/aromatic N) is 1. The number of carbonyl (C=O) groups is 1. The molecule has 1 rings (SSSR count). The molecule has 1 N–H and O–H groups in total. The number of benzene rings is 1. The SMILES string of the molecule is CCN(CCCO)C(=O)c1ccccc1SC. The molecule has 0 aromatic heterocycles. The van der Waals surface area contributed by atoms with Crippen LogP contribution in [0.4, 0.5) is 0 Å². The Labute approximate surface area is 107 Å². The van der Waals surface area contributed by atoms with Crippen LogP contribution in [-0.4, -0.2) is 41.9 Å². The summed E-state index contributed by atoms with van der Waals surface area (Å²) in [6, 6.07) is 7.63. The Bertz CT molecular complexity index is 368. The Kier molecular flexibility index (Phi) is 6.08. The van der Waals surface area contributed by atoms with E-state index < -0.39 is 0 Å². The maximum absolute atomic E-state index is 12.3. The smallest absolute Gasteiger partial charge is 0.254 e. The highest BCUT2D eigenvalue weighted by Crippen LogP contribution is 2.21. The predicted molar refractivity (Wildman–Crippen MR) is 71.5 cm³/mol. The third-order valence-corrected chi connectivity index (χ3v) is 3.39. The first-order valence-electron chi connectivity index (χ1n) is 5.77. The summed E-state index contributed by atoms with van der Waals surface area (Å²) in [6.07, 6.45) is 2.59. The Morgan fingerprint density at radius 1 is 1.41 bits per heavy atom. The highest BCUT2D eigenvalue weighted by atomic mass is 32.2. The van der Waals surface area contributed by atoms with Crippen LogP contribution in [0.1, 0.15) is 23.7 Å². The van der Waals surface area contributed by atoms with Crippen LogP contribution in [0.5, 0.6) is 0 Å². The number of carbonyl (C=O) groups excluding carboxylic acids is 1. The Hall–Kier alpha value is -1.00. The number of amides is 1. The van der Waals surface area contributed by atoms with Crippen molar-refractivity contribution in [2.24, 2.45) is 0 Å². The number of rotatable bonds is 6. The normalized spacial score (nSPS) is 10.3. The fraction of sp³-hybridized carbons (Fsp3) is 0.462. The van der Waals surface area contributed by atoms with Crippen molar-refractivity contribution in [1.82, 2.24) is 4.90 Å². The van der Waals surface area contributed by atoms with E-state index in [0.717, 1.165) is 10.5 Å². The van der Waals surface area contributed by atoms with Gasteiger partial charge in [-0.1, -0.05) is 12.1 Å². The third-order valence-electron chi connectivity index (χ3n) is 2.59. The first-order chi connectivity index (χ1) is 8.24. The van der Waals surface area contributed by atoms with Crippen molar-refractivity contribution in [3.63, 3.8) is 0 Å². The van der Waals surface area contributed by atoms with E-state index in [2.05, 4.69) is 0 Å². The molecule has 0 unspecified atom stereocenters. The van der Waals surface area contributed by atoms with Gasteiger partial charge in [-0.15, -0.1) is 11.8 Å². The summed E-state index contributed by atoms with van der Waals surface area (Å²) in [6.45, 7) is 3.35. The van der Waals surface area contributed by atoms with Crippen molar-refractivity contribution in [3.05, 3.63) is 29.8 Å². The van der Waals surface area contributed by atoms with Gasteiger partial charge in [0.1, 0.15) is 0 Å². The van der Waals surface area contributed by atoms with E-state index in [4.69, 9.17) is 5.11 Å². The standard InChI is InChI=1S/C13H19NO2S/c1-3-14(9-6-10-15)13(16)11-7-4-5-8-12(11)17-2/h4-5,7-8,15H,3,6,9-10H2,1-2H3. The van der Waals surface area contributed by atoms with Gasteiger partial charge in [-0.05, 0) is 31.7 Å². The van der Waals surface area contributed by atoms with Gasteiger partial charge < -0.3 is 10.0 Å². The van der Waals surface area contributed by atoms with E-state index in [9.17, 15) is 4.79 Å². The van der Waals surface area contributed by atoms with Crippen LogP contribution in [0.2, 0.25) is 0 Å². The van der Waals surface area contributed by atoms with Crippen molar-refractivity contribution >= 4 is 17.7 Å². The quantitative estimate of drug-likeness (QED) is 0.791. The molecule has 0 aliphatic rings. The number of hydrogen-bond acceptors (Lipinski definition) is 3. The zero-order chi connectivity index (χ0) is 12.7. The van der Waals surface area contributed by atoms with Crippen molar-refractivity contribution in [2.45, 2.75) is 18.2 Å². The van der Waals surface area contributed by atoms with Gasteiger partial charge >= 0.3 is 0 Å². The largest absolute Gasteiger partial charge is 0.396 e. The Morgan fingerprint density at radius 3 is 2.71 bits per heavy atom. The van der Waals surface area contributed by atoms with Crippen LogP contribution in [0.15, 0.2) is 29.2 Å². The van der Waals surface area contributed by atoms with Gasteiger partial charge in [-0.25, -0.2) is 0 Å². The van der Waals surface area contributed by atoms with Gasteiger partial charge in [0.25, 0.3) is 5.91 Å². The summed E-state index contributed by atoms with van der Waals surface area (Å²) in [4.78, 5) is 15.1. The predicted octanol–water partition coefficient (Wildman–Crippen LogP) is 2.25. The minimum atomic E-state index is 0.0471. The molecule has 3 nitrogen and oxygen atoms in total. The topological polar surface area (TPSA) is 40.5 Å². The molecular weight excluding hydrogens is 234 g/mol. The van der Waals surface area contributed by atoms with Crippen molar-refractivity contribution in [2.75, 3.05) is 26.0 Å². The average molecular weight is 253 g/mol. The van der Waals surface area contributed by atoms with E-state index >= 15 is 0 Å². The van der Waals surface area contributed by atoms with Crippen LogP contribution in [-0.2, 0) is 0 Å². The molecule has 17 heavy (non-hydrogen) atoms. The second-order valence-corrected chi connectivity index (χ2v) is 4.51. The van der Waals surface area contributed by atoms with E-state index in [1.165, 1.54) is 0 Å². The summed E-state index contributed by atoms with van der Waals surface area (Å²) in [5.74, 6) is 0.0471. The van der Waals surface area contributed by atoms with E-state index in [0.29, 0.717) is 19.5 Å². The minimum Gasteiger partial charge on any atom is -0.396 e. The summed E-state index contributed by atoms with van der Waals surface area (Å²) in [5, 5.41) is 8.82. The molecule has 94 valence electrons. The minimum absolute atomic E-state index is 0.0471. The average Bonchev–Trinajstić information content (AvgIpc) is 2.39. The molecule has 0 heterocycles. The van der Waals surface area contributed by atoms with Crippen LogP contribution >= 0.6 is 11.8 Å². The van der Waals surface area contributed by atoms with Crippen LogP contribution < -0.4 is 0 Å². The third kappa shape index (κ3) is 3.75. The number of thioether (sulfide) groups is 1. The lowest BCUT2D eigenvalue weighted by Crippen LogP contribution is -2.32. The number of hydrogen-bond donors (Lipinski definition) is 1. The van der Waals surface area contributed by atoms with Crippen molar-refractivity contribution in [3.8, 4) is 0 Å². The molecule has 0 spiro atoms. The molecule has 1 aromatic carbocycles. The zero-order valence-corrected chi connectivity index (χ0v) is 11.2. The fourth-order valence-corrected chi connectivity index (χ4v) is 2.25. The maximum Gasteiger partial charge on any atom is 0.254 e. The fourth-order valence-electron chi connectivity index (χ4n) is 1.66. The Morgan fingerprint density at radius 2 is 2.12 bits per heavy atom. The van der Waals surface area contributed by atoms with Crippen LogP contribution in [0.3, 0.4) is 0 Å². The molecule has 1 aromatic rings. The molecule has 0 fully saturated rings. The van der Waals surface area contributed by atoms with Crippen LogP contribution in [0.25, 0.3) is 0 Å². The molecule has 1 amide bonds. The summed E-state index contributed by atoms with van der Waals surface area (Å²) in [5.41, 5.74) is 0.750. The van der Waals surface area contributed by atoms with Gasteiger partial charge in [0.15, 0.2) is 0 Å². The van der Waals surface area contributed by atoms with E-state index in [1.807, 2.05) is 37.4 Å². The maximum atomic E-state index is 12.3. The molecule has 0 saturated heterocycles. The monoisotopic (exact) mass is 253 g/mol. The Balaban J connectivity index is 2.85. The van der Waals surface area contributed by atoms with E-state index in [1.54, 1.807) is 16.7 Å². The first-order valence-corrected chi connectivity index (χ1v) is 7.00. The molecule has 0 radical (unpaired) electrons. The zero-order valence-electron chi connectivity index (χ0n) is 10.3. The van der Waals surface area contributed by atoms with Gasteiger partial charge in [0.2, 0.25) is 0 Å². The lowest BCUT2D eigenvalue weighted by Gasteiger charge is -2.21. The lowest BCUT2D eigenvalue weighted by molar-refractivity contribution is 0.0751. The summed E-state index contributed by atoms with van der Waals surface area (Å²) >= 11 is 1.58. The van der Waals surface area contributed by atoms with Crippen molar-refractivity contribution < 1.29 is 9.90 Å². The number of aliphatic hydroxyl groups excluding tert-OH is 1. The second kappa shape index (κ2) is 7.35. The van der Waals surface area contributed by atoms with E-state index in [-0.39, 0.29) is 12.5 Å². The van der Waals surface area contributed by atoms with Gasteiger partial charge in [0, 0.05) is 24.6 Å². The number of aliphatic hydroxyl groups is 1. The molecule has 4 heteroatoms. The van der Waals surface area contributed by atoms with Crippen LogP contribution in [0, 0.1) is 0 Å². The summed E-state index contributed by atoms with van der Waals surface area (Å²) in [7, 11) is 0. The molecule has 0 atom stereocenters. The molecule has 0 aliphatic heterocycles. The first kappa shape index (κ1) is 14.1. The second-order valence-electron chi connectivity index (χ2n) is 3.66. The highest BCUT2D eigenvalue weighted by Gasteiger charge is 2.16. The molecule has 0 aliphatic carbocycles. The van der Waals surface area contributed by atoms with Gasteiger partial charge in [0.05, 0.1) is 5.56 Å². The van der Waals surface area contributed by atoms with Gasteiger partial charge in [-0.3, -0.25) is 4.79 Å². The lowest BCUT2D eigenvalue weighted by atomic mass is 10.2. The molecule has 0 bridgehead atoms. The highest BCUT2D eigenvalue weighted by molar-refractivity contribution is 7.98. The van der Waals surface area contributed by atoms with Gasteiger partial charge in [-0.2, -0.15) is 0 Å². The molecule has 0 saturated carbocycles. The summed E-state index contributed by atoms with van der Waals surface area (Å²) < 4.78 is 0. The van der Waals surface area contributed by atoms with Crippen molar-refractivity contribution in [1.29, 1.82) is 0 Å². The molecular formula is C13H19NO2S.